The van der Waals surface area contributed by atoms with Gasteiger partial charge in [-0.05, 0) is 6.92 Å². The van der Waals surface area contributed by atoms with Gasteiger partial charge in [0, 0.05) is 38.6 Å². The number of H-pyrrole nitrogens is 1. The minimum absolute atomic E-state index is 0.117. The van der Waals surface area contributed by atoms with Crippen LogP contribution in [-0.4, -0.2) is 58.1 Å². The number of hydrogen-bond acceptors (Lipinski definition) is 6. The molecule has 19 heavy (non-hydrogen) atoms. The average molecular weight is 266 g/mol. The van der Waals surface area contributed by atoms with Gasteiger partial charge in [0.2, 0.25) is 0 Å². The fourth-order valence-electron chi connectivity index (χ4n) is 2.16. The summed E-state index contributed by atoms with van der Waals surface area (Å²) in [5.41, 5.74) is 5.41. The molecule has 0 saturated carbocycles. The third kappa shape index (κ3) is 2.84. The highest BCUT2D eigenvalue weighted by Gasteiger charge is 2.24. The summed E-state index contributed by atoms with van der Waals surface area (Å²) < 4.78 is 0. The molecule has 1 aromatic heterocycles. The summed E-state index contributed by atoms with van der Waals surface area (Å²) in [6, 6.07) is -0.117. The lowest BCUT2D eigenvalue weighted by Gasteiger charge is -2.37. The van der Waals surface area contributed by atoms with Crippen molar-refractivity contribution in [3.63, 3.8) is 0 Å². The second-order valence-corrected chi connectivity index (χ2v) is 4.47. The van der Waals surface area contributed by atoms with Crippen molar-refractivity contribution in [2.45, 2.75) is 13.0 Å². The van der Waals surface area contributed by atoms with Crippen LogP contribution in [0.2, 0.25) is 0 Å². The number of aromatic nitrogens is 2. The van der Waals surface area contributed by atoms with E-state index in [1.807, 2.05) is 11.8 Å². The van der Waals surface area contributed by atoms with Crippen molar-refractivity contribution in [1.29, 1.82) is 0 Å². The number of oxime groups is 1. The van der Waals surface area contributed by atoms with Crippen molar-refractivity contribution < 1.29 is 5.21 Å². The number of hydrogen-bond donors (Lipinski definition) is 3. The molecular weight excluding hydrogens is 248 g/mol. The van der Waals surface area contributed by atoms with E-state index in [4.69, 9.17) is 10.9 Å². The molecule has 1 atom stereocenters. The van der Waals surface area contributed by atoms with Crippen LogP contribution >= 0.6 is 0 Å². The van der Waals surface area contributed by atoms with Crippen LogP contribution in [0.1, 0.15) is 6.92 Å². The summed E-state index contributed by atoms with van der Waals surface area (Å²) in [6.45, 7) is 4.71. The van der Waals surface area contributed by atoms with Crippen LogP contribution in [0.25, 0.3) is 0 Å². The molecule has 1 saturated heterocycles. The smallest absolute Gasteiger partial charge is 0.290 e. The lowest BCUT2D eigenvalue weighted by Crippen LogP contribution is -2.54. The van der Waals surface area contributed by atoms with E-state index in [1.165, 1.54) is 6.20 Å². The Morgan fingerprint density at radius 3 is 2.79 bits per heavy atom. The molecule has 2 heterocycles. The lowest BCUT2D eigenvalue weighted by atomic mass is 10.2. The predicted molar refractivity (Wildman–Crippen MR) is 71.5 cm³/mol. The topological polar surface area (TPSA) is 111 Å². The molecule has 0 amide bonds. The Morgan fingerprint density at radius 2 is 2.21 bits per heavy atom. The maximum Gasteiger partial charge on any atom is 0.290 e. The average Bonchev–Trinajstić information content (AvgIpc) is 2.46. The van der Waals surface area contributed by atoms with Gasteiger partial charge in [-0.1, -0.05) is 5.16 Å². The van der Waals surface area contributed by atoms with Gasteiger partial charge in [0.15, 0.2) is 11.7 Å². The molecule has 1 aliphatic heterocycles. The normalized spacial score (nSPS) is 19.4. The van der Waals surface area contributed by atoms with Crippen molar-refractivity contribution in [1.82, 2.24) is 14.9 Å². The molecule has 8 heteroatoms. The Morgan fingerprint density at radius 1 is 1.53 bits per heavy atom. The first kappa shape index (κ1) is 13.3. The van der Waals surface area contributed by atoms with Gasteiger partial charge in [0.05, 0.1) is 6.04 Å². The van der Waals surface area contributed by atoms with Gasteiger partial charge in [0.25, 0.3) is 5.56 Å². The highest BCUT2D eigenvalue weighted by atomic mass is 16.4. The summed E-state index contributed by atoms with van der Waals surface area (Å²) in [6.07, 6.45) is 3.09. The quantitative estimate of drug-likeness (QED) is 0.281. The fraction of sp³-hybridized carbons (Fsp3) is 0.545. The first-order chi connectivity index (χ1) is 9.13. The van der Waals surface area contributed by atoms with E-state index < -0.39 is 0 Å². The molecule has 1 aliphatic rings. The third-order valence-electron chi connectivity index (χ3n) is 3.39. The van der Waals surface area contributed by atoms with Crippen molar-refractivity contribution in [3.05, 3.63) is 22.7 Å². The molecule has 0 aliphatic carbocycles. The summed E-state index contributed by atoms with van der Waals surface area (Å²) in [7, 11) is 0. The molecule has 0 aromatic carbocycles. The molecule has 1 aromatic rings. The zero-order chi connectivity index (χ0) is 13.8. The number of nitrogens with zero attached hydrogens (tertiary/aromatic N) is 4. The summed E-state index contributed by atoms with van der Waals surface area (Å²) in [4.78, 5) is 22.4. The largest absolute Gasteiger partial charge is 0.409 e. The van der Waals surface area contributed by atoms with Gasteiger partial charge in [-0.25, -0.2) is 4.98 Å². The molecule has 8 nitrogen and oxygen atoms in total. The molecule has 4 N–H and O–H groups in total. The molecule has 1 fully saturated rings. The summed E-state index contributed by atoms with van der Waals surface area (Å²) >= 11 is 0. The van der Waals surface area contributed by atoms with Crippen molar-refractivity contribution in [3.8, 4) is 0 Å². The molecule has 0 spiro atoms. The van der Waals surface area contributed by atoms with Crippen molar-refractivity contribution in [2.75, 3.05) is 31.1 Å². The molecular formula is C11H18N6O2. The van der Waals surface area contributed by atoms with Gasteiger partial charge in [0.1, 0.15) is 0 Å². The van der Waals surface area contributed by atoms with Crippen LogP contribution in [0.15, 0.2) is 22.3 Å². The number of amidine groups is 1. The van der Waals surface area contributed by atoms with Crippen LogP contribution in [0.4, 0.5) is 5.82 Å². The number of anilines is 1. The second kappa shape index (κ2) is 5.70. The number of aromatic amines is 1. The zero-order valence-electron chi connectivity index (χ0n) is 10.8. The first-order valence-electron chi connectivity index (χ1n) is 6.13. The Hall–Kier alpha value is -2.09. The van der Waals surface area contributed by atoms with Gasteiger partial charge in [-0.3, -0.25) is 9.69 Å². The number of rotatable bonds is 3. The third-order valence-corrected chi connectivity index (χ3v) is 3.39. The Balaban J connectivity index is 2.00. The predicted octanol–water partition coefficient (Wildman–Crippen LogP) is -0.973. The molecule has 0 bridgehead atoms. The molecule has 2 rings (SSSR count). The lowest BCUT2D eigenvalue weighted by molar-refractivity contribution is 0.229. The van der Waals surface area contributed by atoms with Crippen molar-refractivity contribution >= 4 is 11.7 Å². The van der Waals surface area contributed by atoms with Gasteiger partial charge in [-0.2, -0.15) is 0 Å². The van der Waals surface area contributed by atoms with Crippen LogP contribution in [-0.2, 0) is 0 Å². The fourth-order valence-corrected chi connectivity index (χ4v) is 2.16. The van der Waals surface area contributed by atoms with E-state index in [2.05, 4.69) is 20.0 Å². The van der Waals surface area contributed by atoms with E-state index in [0.29, 0.717) is 18.9 Å². The second-order valence-electron chi connectivity index (χ2n) is 4.47. The van der Waals surface area contributed by atoms with Gasteiger partial charge in [-0.15, -0.1) is 0 Å². The Bertz CT molecular complexity index is 506. The number of piperazine rings is 1. The SMILES string of the molecule is CC(/C(N)=N/O)N1CCN(c2ncc[nH]c2=O)CC1. The highest BCUT2D eigenvalue weighted by molar-refractivity contribution is 5.84. The highest BCUT2D eigenvalue weighted by Crippen LogP contribution is 2.10. The summed E-state index contributed by atoms with van der Waals surface area (Å²) in [5, 5.41) is 11.7. The van der Waals surface area contributed by atoms with E-state index >= 15 is 0 Å². The zero-order valence-corrected chi connectivity index (χ0v) is 10.8. The van der Waals surface area contributed by atoms with Crippen molar-refractivity contribution in [2.24, 2.45) is 10.9 Å². The minimum Gasteiger partial charge on any atom is -0.409 e. The van der Waals surface area contributed by atoms with E-state index in [9.17, 15) is 4.79 Å². The van der Waals surface area contributed by atoms with E-state index in [-0.39, 0.29) is 17.4 Å². The van der Waals surface area contributed by atoms with Crippen LogP contribution in [0.5, 0.6) is 0 Å². The Labute approximate surface area is 110 Å². The molecule has 1 unspecified atom stereocenters. The van der Waals surface area contributed by atoms with Crippen LogP contribution < -0.4 is 16.2 Å². The summed E-state index contributed by atoms with van der Waals surface area (Å²) in [5.74, 6) is 0.641. The van der Waals surface area contributed by atoms with Crippen LogP contribution in [0.3, 0.4) is 0 Å². The van der Waals surface area contributed by atoms with E-state index in [0.717, 1.165) is 13.1 Å². The Kier molecular flexibility index (Phi) is 4.00. The number of nitrogens with one attached hydrogen (secondary N) is 1. The first-order valence-corrected chi connectivity index (χ1v) is 6.13. The van der Waals surface area contributed by atoms with Crippen LogP contribution in [0, 0.1) is 0 Å². The molecule has 104 valence electrons. The minimum atomic E-state index is -0.180. The monoisotopic (exact) mass is 266 g/mol. The molecule has 0 radical (unpaired) electrons. The standard InChI is InChI=1S/C11H18N6O2/c1-8(9(12)15-19)16-4-6-17(7-5-16)10-11(18)14-3-2-13-10/h2-3,8,19H,4-7H2,1H3,(H2,12,15)(H,14,18). The maximum absolute atomic E-state index is 11.6. The van der Waals surface area contributed by atoms with E-state index in [1.54, 1.807) is 6.20 Å². The maximum atomic E-state index is 11.6. The van der Waals surface area contributed by atoms with Gasteiger partial charge < -0.3 is 20.8 Å². The number of nitrogens with two attached hydrogens (primary N) is 1. The van der Waals surface area contributed by atoms with Gasteiger partial charge >= 0.3 is 0 Å².